The Hall–Kier alpha value is -1.00. The summed E-state index contributed by atoms with van der Waals surface area (Å²) >= 11 is 0. The quantitative estimate of drug-likeness (QED) is 0.311. The van der Waals surface area contributed by atoms with Crippen LogP contribution in [0.1, 0.15) is 97.3 Å². The number of aliphatic hydroxyl groups is 4. The predicted octanol–water partition coefficient (Wildman–Crippen LogP) is 3.49. The van der Waals surface area contributed by atoms with Gasteiger partial charge < -0.3 is 58.3 Å². The van der Waals surface area contributed by atoms with Gasteiger partial charge in [-0.3, -0.25) is 0 Å². The molecule has 0 aromatic carbocycles. The third-order valence-corrected chi connectivity index (χ3v) is 14.2. The second kappa shape index (κ2) is 15.7. The number of rotatable bonds is 4. The number of ether oxygens (including phenoxy) is 8. The third-order valence-electron chi connectivity index (χ3n) is 14.2. The zero-order valence-electron chi connectivity index (χ0n) is 31.8. The summed E-state index contributed by atoms with van der Waals surface area (Å²) in [6.07, 6.45) is 2.70. The van der Waals surface area contributed by atoms with Crippen LogP contribution in [0, 0.1) is 17.8 Å². The molecule has 6 unspecified atom stereocenters. The molecule has 0 aromatic heterocycles. The van der Waals surface area contributed by atoms with E-state index in [1.54, 1.807) is 7.11 Å². The Morgan fingerprint density at radius 3 is 2.34 bits per heavy atom. The van der Waals surface area contributed by atoms with Crippen LogP contribution in [0.2, 0.25) is 0 Å². The molecule has 300 valence electrons. The molecule has 8 rings (SSSR count). The molecule has 4 N–H and O–H groups in total. The molecule has 8 aliphatic rings. The van der Waals surface area contributed by atoms with Gasteiger partial charge in [0.15, 0.2) is 5.79 Å². The Balaban J connectivity index is 1.07. The van der Waals surface area contributed by atoms with E-state index < -0.39 is 36.3 Å². The largest absolute Gasteiger partial charge is 0.394 e. The molecular weight excluding hydrogens is 684 g/mol. The van der Waals surface area contributed by atoms with Crippen LogP contribution in [0.5, 0.6) is 0 Å². The van der Waals surface area contributed by atoms with Crippen molar-refractivity contribution >= 4 is 0 Å². The highest BCUT2D eigenvalue weighted by atomic mass is 16.7. The van der Waals surface area contributed by atoms with Crippen LogP contribution < -0.4 is 0 Å². The lowest BCUT2D eigenvalue weighted by molar-refractivity contribution is -0.291. The highest BCUT2D eigenvalue weighted by Crippen LogP contribution is 2.51. The maximum atomic E-state index is 11.8. The van der Waals surface area contributed by atoms with Crippen molar-refractivity contribution < 1.29 is 58.3 Å². The fourth-order valence-corrected chi connectivity index (χ4v) is 11.3. The van der Waals surface area contributed by atoms with E-state index in [4.69, 9.17) is 37.9 Å². The van der Waals surface area contributed by atoms with Gasteiger partial charge in [0.25, 0.3) is 0 Å². The molecule has 8 fully saturated rings. The summed E-state index contributed by atoms with van der Waals surface area (Å²) in [5.74, 6) is -0.921. The number of aliphatic hydroxyl groups excluding tert-OH is 4. The molecule has 12 heteroatoms. The number of hydrogen-bond donors (Lipinski definition) is 4. The average molecular weight is 749 g/mol. The standard InChI is InChI=1S/C41H64O12/c1-20-12-26-6-8-31-21(2)13-28(47-31)10-11-41-18-30(45)39(53-41)36-23(4)37(52-41)40-32(51-36)9-7-27(49-40)14-24(43)15-29-34(17-33(48-26)22(20)3)50-35(38(29)46-5)16-25(44)19-42/h20,23-40,42-45H,2-3,6-19H2,1,4-5H3/t20-,23-,24?,25+,26?,27?,28?,29+,30-,31?,32+,33?,34+,35-,36-,37-,38-,39+,40+,41-/m1/s1. The van der Waals surface area contributed by atoms with Crippen molar-refractivity contribution in [1.29, 1.82) is 0 Å². The second-order valence-electron chi connectivity index (χ2n) is 17.8. The highest BCUT2D eigenvalue weighted by Gasteiger charge is 2.62. The van der Waals surface area contributed by atoms with Crippen LogP contribution in [-0.4, -0.2) is 138 Å². The normalized spacial score (nSPS) is 52.4. The van der Waals surface area contributed by atoms with E-state index in [2.05, 4.69) is 27.0 Å². The van der Waals surface area contributed by atoms with E-state index in [1.807, 2.05) is 0 Å². The Kier molecular flexibility index (Phi) is 11.5. The van der Waals surface area contributed by atoms with Gasteiger partial charge >= 0.3 is 0 Å². The summed E-state index contributed by atoms with van der Waals surface area (Å²) in [6, 6.07) is 0. The molecule has 53 heavy (non-hydrogen) atoms. The van der Waals surface area contributed by atoms with E-state index >= 15 is 0 Å². The lowest BCUT2D eigenvalue weighted by Crippen LogP contribution is -2.62. The van der Waals surface area contributed by atoms with Crippen molar-refractivity contribution in [2.45, 2.75) is 201 Å². The third kappa shape index (κ3) is 7.71. The fraction of sp³-hybridized carbons (Fsp3) is 0.902. The lowest BCUT2D eigenvalue weighted by atomic mass is 9.79. The lowest BCUT2D eigenvalue weighted by Gasteiger charge is -2.50. The van der Waals surface area contributed by atoms with Gasteiger partial charge in [-0.15, -0.1) is 0 Å². The molecule has 1 spiro atoms. The Bertz CT molecular complexity index is 1310. The first-order chi connectivity index (χ1) is 25.4. The molecule has 0 aromatic rings. The summed E-state index contributed by atoms with van der Waals surface area (Å²) < 4.78 is 53.4. The Labute approximate surface area is 314 Å². The van der Waals surface area contributed by atoms with E-state index in [0.717, 1.165) is 56.1 Å². The number of methoxy groups -OCH3 is 1. The average Bonchev–Trinajstić information content (AvgIpc) is 3.75. The van der Waals surface area contributed by atoms with Crippen molar-refractivity contribution in [3.63, 3.8) is 0 Å². The summed E-state index contributed by atoms with van der Waals surface area (Å²) in [7, 11) is 1.65. The maximum Gasteiger partial charge on any atom is 0.172 e. The van der Waals surface area contributed by atoms with Crippen LogP contribution >= 0.6 is 0 Å². The zero-order chi connectivity index (χ0) is 37.2. The molecule has 12 nitrogen and oxygen atoms in total. The monoisotopic (exact) mass is 748 g/mol. The molecule has 10 bridgehead atoms. The first kappa shape index (κ1) is 38.9. The molecule has 8 aliphatic heterocycles. The molecule has 0 amide bonds. The van der Waals surface area contributed by atoms with Gasteiger partial charge in [0.1, 0.15) is 12.2 Å². The van der Waals surface area contributed by atoms with Crippen molar-refractivity contribution in [3.8, 4) is 0 Å². The second-order valence-corrected chi connectivity index (χ2v) is 17.8. The van der Waals surface area contributed by atoms with Gasteiger partial charge in [-0.2, -0.15) is 0 Å². The van der Waals surface area contributed by atoms with Crippen LogP contribution in [0.25, 0.3) is 0 Å². The molecule has 20 atom stereocenters. The van der Waals surface area contributed by atoms with Crippen molar-refractivity contribution in [2.24, 2.45) is 17.8 Å². The van der Waals surface area contributed by atoms with E-state index in [1.165, 1.54) is 0 Å². The summed E-state index contributed by atoms with van der Waals surface area (Å²) in [5, 5.41) is 43.1. The van der Waals surface area contributed by atoms with Crippen LogP contribution in [0.3, 0.4) is 0 Å². The highest BCUT2D eigenvalue weighted by molar-refractivity contribution is 5.14. The van der Waals surface area contributed by atoms with Crippen molar-refractivity contribution in [3.05, 3.63) is 24.3 Å². The number of fused-ring (bicyclic) bond motifs is 9. The van der Waals surface area contributed by atoms with Gasteiger partial charge in [0.2, 0.25) is 0 Å². The van der Waals surface area contributed by atoms with Gasteiger partial charge in [0.05, 0.1) is 92.1 Å². The minimum atomic E-state index is -0.956. The topological polar surface area (TPSA) is 155 Å². The molecule has 0 radical (unpaired) electrons. The van der Waals surface area contributed by atoms with Gasteiger partial charge in [-0.05, 0) is 74.9 Å². The SMILES string of the molecule is C=C1CC2CC[C@]34C[C@@H](O)[C@H](O3)[C@@H]3O[C@H]5CCC(CC(O)C[C@@H]6[C@@H](OC)[C@@H](C[C@H](O)CO)O[C@H]6CC6OC(CCC1O2)C[C@@H](C)C6=C)O[C@@H]5[C@H](O4)[C@@H]3C. The zero-order valence-corrected chi connectivity index (χ0v) is 31.8. The first-order valence-corrected chi connectivity index (χ1v) is 20.6. The van der Waals surface area contributed by atoms with Crippen LogP contribution in [0.15, 0.2) is 24.3 Å². The summed E-state index contributed by atoms with van der Waals surface area (Å²) in [5.41, 5.74) is 2.15. The minimum Gasteiger partial charge on any atom is -0.394 e. The molecule has 8 saturated heterocycles. The smallest absolute Gasteiger partial charge is 0.172 e. The van der Waals surface area contributed by atoms with E-state index in [0.29, 0.717) is 32.1 Å². The Morgan fingerprint density at radius 1 is 0.792 bits per heavy atom. The van der Waals surface area contributed by atoms with Crippen molar-refractivity contribution in [2.75, 3.05) is 13.7 Å². The summed E-state index contributed by atoms with van der Waals surface area (Å²) in [4.78, 5) is 0. The van der Waals surface area contributed by atoms with E-state index in [-0.39, 0.29) is 97.9 Å². The molecule has 8 heterocycles. The van der Waals surface area contributed by atoms with Gasteiger partial charge in [-0.1, -0.05) is 27.0 Å². The summed E-state index contributed by atoms with van der Waals surface area (Å²) in [6.45, 7) is 12.8. The number of hydrogen-bond acceptors (Lipinski definition) is 12. The molecule has 0 saturated carbocycles. The fourth-order valence-electron chi connectivity index (χ4n) is 11.3. The first-order valence-electron chi connectivity index (χ1n) is 20.6. The molecular formula is C41H64O12. The predicted molar refractivity (Wildman–Crippen MR) is 192 cm³/mol. The van der Waals surface area contributed by atoms with Gasteiger partial charge in [-0.25, -0.2) is 0 Å². The molecule has 0 aliphatic carbocycles. The van der Waals surface area contributed by atoms with Gasteiger partial charge in [0, 0.05) is 44.6 Å². The van der Waals surface area contributed by atoms with Crippen molar-refractivity contribution in [1.82, 2.24) is 0 Å². The van der Waals surface area contributed by atoms with E-state index in [9.17, 15) is 20.4 Å². The Morgan fingerprint density at radius 2 is 1.55 bits per heavy atom. The van der Waals surface area contributed by atoms with Crippen LogP contribution in [-0.2, 0) is 37.9 Å². The maximum absolute atomic E-state index is 11.8. The minimum absolute atomic E-state index is 0.00910. The van der Waals surface area contributed by atoms with Crippen LogP contribution in [0.4, 0.5) is 0 Å².